The van der Waals surface area contributed by atoms with E-state index in [9.17, 15) is 4.79 Å². The molecule has 5 nitrogen and oxygen atoms in total. The largest absolute Gasteiger partial charge is 0.491 e. The second-order valence-corrected chi connectivity index (χ2v) is 6.53. The molecule has 3 aromatic rings. The molecule has 3 rings (SSSR count). The Hall–Kier alpha value is -2.37. The van der Waals surface area contributed by atoms with Crippen LogP contribution in [0.3, 0.4) is 0 Å². The van der Waals surface area contributed by atoms with Crippen LogP contribution in [-0.2, 0) is 11.3 Å². The van der Waals surface area contributed by atoms with E-state index in [2.05, 4.69) is 4.98 Å². The van der Waals surface area contributed by atoms with Crippen molar-refractivity contribution in [1.29, 1.82) is 0 Å². The van der Waals surface area contributed by atoms with Gasteiger partial charge in [-0.25, -0.2) is 4.98 Å². The van der Waals surface area contributed by atoms with Gasteiger partial charge >= 0.3 is 0 Å². The summed E-state index contributed by atoms with van der Waals surface area (Å²) < 4.78 is 12.9. The van der Waals surface area contributed by atoms with Crippen molar-refractivity contribution in [3.63, 3.8) is 0 Å². The molecule has 0 amide bonds. The van der Waals surface area contributed by atoms with Crippen molar-refractivity contribution >= 4 is 22.5 Å². The number of benzene rings is 2. The van der Waals surface area contributed by atoms with Crippen molar-refractivity contribution in [2.24, 2.45) is 0 Å². The van der Waals surface area contributed by atoms with E-state index >= 15 is 0 Å². The molecule has 136 valence electrons. The molecule has 0 aliphatic heterocycles. The molecule has 0 bridgehead atoms. The van der Waals surface area contributed by atoms with Gasteiger partial charge in [0.05, 0.1) is 37.0 Å². The summed E-state index contributed by atoms with van der Waals surface area (Å²) in [6.07, 6.45) is 1.56. The van der Waals surface area contributed by atoms with E-state index in [1.54, 1.807) is 17.0 Å². The fourth-order valence-corrected chi connectivity index (χ4v) is 3.19. The van der Waals surface area contributed by atoms with E-state index < -0.39 is 0 Å². The van der Waals surface area contributed by atoms with E-state index in [1.165, 1.54) is 0 Å². The van der Waals surface area contributed by atoms with Crippen molar-refractivity contribution in [2.45, 2.75) is 20.4 Å². The zero-order valence-electron chi connectivity index (χ0n) is 14.9. The molecule has 0 N–H and O–H groups in total. The van der Waals surface area contributed by atoms with Crippen LogP contribution in [0.25, 0.3) is 10.9 Å². The minimum atomic E-state index is -0.0529. The molecule has 0 atom stereocenters. The second kappa shape index (κ2) is 8.34. The summed E-state index contributed by atoms with van der Waals surface area (Å²) in [5, 5.41) is 1.32. The number of ether oxygens (including phenoxy) is 2. The van der Waals surface area contributed by atoms with E-state index in [-0.39, 0.29) is 5.56 Å². The zero-order chi connectivity index (χ0) is 18.5. The van der Waals surface area contributed by atoms with Gasteiger partial charge in [-0.05, 0) is 49.2 Å². The van der Waals surface area contributed by atoms with Gasteiger partial charge < -0.3 is 9.47 Å². The Labute approximate surface area is 157 Å². The lowest BCUT2D eigenvalue weighted by Crippen LogP contribution is -2.23. The molecular weight excluding hydrogens is 352 g/mol. The summed E-state index contributed by atoms with van der Waals surface area (Å²) in [4.78, 5) is 16.7. The zero-order valence-corrected chi connectivity index (χ0v) is 15.6. The summed E-state index contributed by atoms with van der Waals surface area (Å²) in [7, 11) is 0. The number of hydrogen-bond acceptors (Lipinski definition) is 4. The first-order valence-electron chi connectivity index (χ1n) is 8.48. The molecule has 1 aromatic heterocycles. The summed E-state index contributed by atoms with van der Waals surface area (Å²) in [5.74, 6) is 0.841. The van der Waals surface area contributed by atoms with Crippen LogP contribution < -0.4 is 10.3 Å². The van der Waals surface area contributed by atoms with E-state index in [0.717, 1.165) is 16.9 Å². The topological polar surface area (TPSA) is 53.4 Å². The van der Waals surface area contributed by atoms with Gasteiger partial charge in [0.25, 0.3) is 5.56 Å². The third-order valence-corrected chi connectivity index (χ3v) is 4.33. The lowest BCUT2D eigenvalue weighted by atomic mass is 10.1. The molecule has 1 heterocycles. The van der Waals surface area contributed by atoms with Crippen molar-refractivity contribution in [1.82, 2.24) is 9.55 Å². The van der Waals surface area contributed by atoms with Crippen molar-refractivity contribution in [2.75, 3.05) is 19.8 Å². The highest BCUT2D eigenvalue weighted by atomic mass is 35.5. The first-order valence-corrected chi connectivity index (χ1v) is 8.85. The molecule has 0 saturated heterocycles. The molecule has 0 aliphatic carbocycles. The van der Waals surface area contributed by atoms with E-state index in [1.807, 2.05) is 44.2 Å². The second-order valence-electron chi connectivity index (χ2n) is 6.09. The van der Waals surface area contributed by atoms with Gasteiger partial charge in [-0.15, -0.1) is 0 Å². The Bertz CT molecular complexity index is 946. The SMILES string of the molecule is Cc1cc(Cl)cc(C)c1OCCOCCn1cnc2ccccc2c1=O. The van der Waals surface area contributed by atoms with Gasteiger partial charge in [0.15, 0.2) is 0 Å². The van der Waals surface area contributed by atoms with Crippen molar-refractivity contribution in [3.05, 3.63) is 69.2 Å². The van der Waals surface area contributed by atoms with Crippen molar-refractivity contribution < 1.29 is 9.47 Å². The standard InChI is InChI=1S/C20H21ClN2O3/c1-14-11-16(21)12-15(2)19(14)26-10-9-25-8-7-23-13-22-18-6-4-3-5-17(18)20(23)24/h3-6,11-13H,7-10H2,1-2H3. The lowest BCUT2D eigenvalue weighted by molar-refractivity contribution is 0.0934. The minimum Gasteiger partial charge on any atom is -0.491 e. The first kappa shape index (κ1) is 18.4. The maximum Gasteiger partial charge on any atom is 0.261 e. The quantitative estimate of drug-likeness (QED) is 0.592. The highest BCUT2D eigenvalue weighted by Gasteiger charge is 2.06. The number of para-hydroxylation sites is 1. The molecule has 0 aliphatic rings. The van der Waals surface area contributed by atoms with Crippen LogP contribution in [0.5, 0.6) is 5.75 Å². The average Bonchev–Trinajstić information content (AvgIpc) is 2.61. The number of fused-ring (bicyclic) bond motifs is 1. The van der Waals surface area contributed by atoms with Gasteiger partial charge in [0.2, 0.25) is 0 Å². The number of aromatic nitrogens is 2. The summed E-state index contributed by atoms with van der Waals surface area (Å²) >= 11 is 6.02. The number of aryl methyl sites for hydroxylation is 2. The predicted octanol–water partition coefficient (Wildman–Crippen LogP) is 3.76. The fourth-order valence-electron chi connectivity index (χ4n) is 2.86. The van der Waals surface area contributed by atoms with Crippen LogP contribution in [0, 0.1) is 13.8 Å². The monoisotopic (exact) mass is 372 g/mol. The molecule has 0 saturated carbocycles. The predicted molar refractivity (Wildman–Crippen MR) is 103 cm³/mol. The Morgan fingerprint density at radius 3 is 2.58 bits per heavy atom. The van der Waals surface area contributed by atoms with Crippen LogP contribution in [-0.4, -0.2) is 29.4 Å². The molecule has 0 fully saturated rings. The Kier molecular flexibility index (Phi) is 5.91. The first-order chi connectivity index (χ1) is 12.6. The van der Waals surface area contributed by atoms with Crippen molar-refractivity contribution in [3.8, 4) is 5.75 Å². The third-order valence-electron chi connectivity index (χ3n) is 4.11. The number of nitrogens with zero attached hydrogens (tertiary/aromatic N) is 2. The Morgan fingerprint density at radius 1 is 1.08 bits per heavy atom. The molecular formula is C20H21ClN2O3. The molecule has 0 unspecified atom stereocenters. The average molecular weight is 373 g/mol. The number of halogens is 1. The Morgan fingerprint density at radius 2 is 1.81 bits per heavy atom. The maximum absolute atomic E-state index is 12.4. The molecule has 26 heavy (non-hydrogen) atoms. The minimum absolute atomic E-state index is 0.0529. The fraction of sp³-hybridized carbons (Fsp3) is 0.300. The van der Waals surface area contributed by atoms with Gasteiger partial charge in [-0.1, -0.05) is 23.7 Å². The summed E-state index contributed by atoms with van der Waals surface area (Å²) in [6.45, 7) is 5.69. The van der Waals surface area contributed by atoms with E-state index in [4.69, 9.17) is 21.1 Å². The van der Waals surface area contributed by atoms with Gasteiger partial charge in [0.1, 0.15) is 12.4 Å². The highest BCUT2D eigenvalue weighted by Crippen LogP contribution is 2.26. The van der Waals surface area contributed by atoms with Gasteiger partial charge in [0, 0.05) is 5.02 Å². The number of hydrogen-bond donors (Lipinski definition) is 0. The number of rotatable bonds is 7. The normalized spacial score (nSPS) is 11.0. The molecule has 2 aromatic carbocycles. The van der Waals surface area contributed by atoms with E-state index in [0.29, 0.717) is 42.3 Å². The van der Waals surface area contributed by atoms with Crippen LogP contribution in [0.4, 0.5) is 0 Å². The lowest BCUT2D eigenvalue weighted by Gasteiger charge is -2.13. The molecule has 0 spiro atoms. The maximum atomic E-state index is 12.4. The molecule has 6 heteroatoms. The van der Waals surface area contributed by atoms with Crippen LogP contribution in [0.15, 0.2) is 47.5 Å². The summed E-state index contributed by atoms with van der Waals surface area (Å²) in [6, 6.07) is 11.1. The smallest absolute Gasteiger partial charge is 0.261 e. The van der Waals surface area contributed by atoms with Crippen LogP contribution in [0.2, 0.25) is 5.02 Å². The van der Waals surface area contributed by atoms with Crippen LogP contribution >= 0.6 is 11.6 Å². The molecule has 0 radical (unpaired) electrons. The van der Waals surface area contributed by atoms with Gasteiger partial charge in [-0.3, -0.25) is 9.36 Å². The van der Waals surface area contributed by atoms with Crippen LogP contribution in [0.1, 0.15) is 11.1 Å². The summed E-state index contributed by atoms with van der Waals surface area (Å²) in [5.41, 5.74) is 2.66. The Balaban J connectivity index is 1.48. The third kappa shape index (κ3) is 4.23. The highest BCUT2D eigenvalue weighted by molar-refractivity contribution is 6.30. The van der Waals surface area contributed by atoms with Gasteiger partial charge in [-0.2, -0.15) is 0 Å².